The molecule has 0 bridgehead atoms. The summed E-state index contributed by atoms with van der Waals surface area (Å²) in [6.07, 6.45) is -8.34. The predicted molar refractivity (Wildman–Crippen MR) is 86.2 cm³/mol. The molecular weight excluding hydrogens is 444 g/mol. The van der Waals surface area contributed by atoms with Gasteiger partial charge in [-0.2, -0.15) is 31.4 Å². The van der Waals surface area contributed by atoms with Gasteiger partial charge in [0.25, 0.3) is 0 Å². The molecule has 0 atom stereocenters. The molecule has 140 valence electrons. The van der Waals surface area contributed by atoms with Crippen molar-refractivity contribution >= 4 is 38.0 Å². The Kier molecular flexibility index (Phi) is 3.74. The Morgan fingerprint density at radius 2 is 1.70 bits per heavy atom. The number of hydrogen-bond acceptors (Lipinski definition) is 3. The van der Waals surface area contributed by atoms with Crippen molar-refractivity contribution in [3.8, 4) is 5.69 Å². The lowest BCUT2D eigenvalue weighted by atomic mass is 10.2. The van der Waals surface area contributed by atoms with E-state index in [4.69, 9.17) is 0 Å². The molecular formula is C15H6BrF6N5. The summed E-state index contributed by atoms with van der Waals surface area (Å²) >= 11 is 3.21. The topological polar surface area (TPSA) is 59.4 Å². The third kappa shape index (κ3) is 2.93. The van der Waals surface area contributed by atoms with Crippen LogP contribution in [0.3, 0.4) is 0 Å². The SMILES string of the molecule is FC(F)(F)c1ccc2nc(C(F)(F)F)n(-c3cc(Br)c4[nH]ncc4c3)c2n1. The first kappa shape index (κ1) is 17.8. The van der Waals surface area contributed by atoms with Crippen LogP contribution in [0.5, 0.6) is 0 Å². The van der Waals surface area contributed by atoms with Gasteiger partial charge in [-0.15, -0.1) is 0 Å². The van der Waals surface area contributed by atoms with E-state index in [-0.39, 0.29) is 11.2 Å². The van der Waals surface area contributed by atoms with Crippen LogP contribution in [0.2, 0.25) is 0 Å². The van der Waals surface area contributed by atoms with Crippen LogP contribution in [0, 0.1) is 0 Å². The third-order valence-electron chi connectivity index (χ3n) is 3.79. The first-order chi connectivity index (χ1) is 12.6. The van der Waals surface area contributed by atoms with Gasteiger partial charge in [0.2, 0.25) is 5.82 Å². The summed E-state index contributed by atoms with van der Waals surface area (Å²) in [5.41, 5.74) is -1.70. The second kappa shape index (κ2) is 5.68. The maximum Gasteiger partial charge on any atom is 0.450 e. The molecule has 0 aliphatic heterocycles. The summed E-state index contributed by atoms with van der Waals surface area (Å²) in [6.45, 7) is 0. The minimum Gasteiger partial charge on any atom is -0.277 e. The average molecular weight is 450 g/mol. The monoisotopic (exact) mass is 449 g/mol. The Morgan fingerprint density at radius 3 is 2.37 bits per heavy atom. The summed E-state index contributed by atoms with van der Waals surface area (Å²) < 4.78 is 80.4. The van der Waals surface area contributed by atoms with Gasteiger partial charge in [-0.05, 0) is 40.2 Å². The molecule has 5 nitrogen and oxygen atoms in total. The zero-order chi connectivity index (χ0) is 19.6. The normalized spacial score (nSPS) is 13.0. The summed E-state index contributed by atoms with van der Waals surface area (Å²) in [7, 11) is 0. The van der Waals surface area contributed by atoms with Crippen molar-refractivity contribution < 1.29 is 26.3 Å². The summed E-state index contributed by atoms with van der Waals surface area (Å²) in [5.74, 6) is -1.38. The number of pyridine rings is 1. The molecule has 0 aliphatic rings. The van der Waals surface area contributed by atoms with Crippen molar-refractivity contribution in [1.29, 1.82) is 0 Å². The van der Waals surface area contributed by atoms with E-state index < -0.39 is 29.5 Å². The lowest BCUT2D eigenvalue weighted by Crippen LogP contribution is -2.14. The smallest absolute Gasteiger partial charge is 0.277 e. The highest BCUT2D eigenvalue weighted by Crippen LogP contribution is 2.36. The molecule has 0 saturated heterocycles. The fourth-order valence-corrected chi connectivity index (χ4v) is 3.23. The van der Waals surface area contributed by atoms with E-state index in [0.29, 0.717) is 26.0 Å². The van der Waals surface area contributed by atoms with Crippen molar-refractivity contribution in [2.45, 2.75) is 12.4 Å². The molecule has 27 heavy (non-hydrogen) atoms. The molecule has 3 aromatic heterocycles. The number of hydrogen-bond donors (Lipinski definition) is 1. The molecule has 0 spiro atoms. The molecule has 0 unspecified atom stereocenters. The van der Waals surface area contributed by atoms with Gasteiger partial charge in [0, 0.05) is 9.86 Å². The Labute approximate surface area is 154 Å². The molecule has 0 amide bonds. The van der Waals surface area contributed by atoms with Crippen LogP contribution in [-0.4, -0.2) is 24.7 Å². The highest BCUT2D eigenvalue weighted by atomic mass is 79.9. The van der Waals surface area contributed by atoms with Gasteiger partial charge in [-0.3, -0.25) is 9.67 Å². The zero-order valence-electron chi connectivity index (χ0n) is 12.8. The number of alkyl halides is 6. The van der Waals surface area contributed by atoms with Crippen molar-refractivity contribution in [3.05, 3.63) is 46.5 Å². The molecule has 3 heterocycles. The van der Waals surface area contributed by atoms with Crippen LogP contribution in [0.25, 0.3) is 27.8 Å². The zero-order valence-corrected chi connectivity index (χ0v) is 14.4. The number of nitrogens with one attached hydrogen (secondary N) is 1. The first-order valence-corrected chi connectivity index (χ1v) is 8.02. The number of H-pyrrole nitrogens is 1. The van der Waals surface area contributed by atoms with Crippen molar-refractivity contribution in [1.82, 2.24) is 24.7 Å². The number of nitrogens with zero attached hydrogens (tertiary/aromatic N) is 4. The summed E-state index contributed by atoms with van der Waals surface area (Å²) in [6, 6.07) is 4.12. The number of rotatable bonds is 1. The molecule has 4 rings (SSSR count). The molecule has 0 aliphatic carbocycles. The van der Waals surface area contributed by atoms with Crippen molar-refractivity contribution in [2.24, 2.45) is 0 Å². The van der Waals surface area contributed by atoms with E-state index >= 15 is 0 Å². The van der Waals surface area contributed by atoms with E-state index in [1.165, 1.54) is 18.3 Å². The predicted octanol–water partition coefficient (Wildman–Crippen LogP) is 5.10. The molecule has 12 heteroatoms. The van der Waals surface area contributed by atoms with Gasteiger partial charge in [0.05, 0.1) is 17.4 Å². The fourth-order valence-electron chi connectivity index (χ4n) is 2.68. The van der Waals surface area contributed by atoms with Gasteiger partial charge >= 0.3 is 12.4 Å². The third-order valence-corrected chi connectivity index (χ3v) is 4.42. The Bertz CT molecular complexity index is 1170. The largest absolute Gasteiger partial charge is 0.450 e. The van der Waals surface area contributed by atoms with Crippen LogP contribution < -0.4 is 0 Å². The standard InChI is InChI=1S/C15H6BrF6N5/c16-8-4-7(3-6-5-23-26-11(6)8)27-12-9(24-13(27)15(20,21)22)1-2-10(25-12)14(17,18)19/h1-5H,(H,23,26). The molecule has 0 saturated carbocycles. The second-order valence-corrected chi connectivity index (χ2v) is 6.42. The van der Waals surface area contributed by atoms with Gasteiger partial charge in [0.1, 0.15) is 11.2 Å². The van der Waals surface area contributed by atoms with E-state index in [1.807, 2.05) is 0 Å². The van der Waals surface area contributed by atoms with E-state index in [0.717, 1.165) is 6.07 Å². The Balaban J connectivity index is 2.09. The number of aromatic nitrogens is 5. The second-order valence-electron chi connectivity index (χ2n) is 5.57. The van der Waals surface area contributed by atoms with Crippen molar-refractivity contribution in [3.63, 3.8) is 0 Å². The van der Waals surface area contributed by atoms with Gasteiger partial charge in [-0.25, -0.2) is 9.97 Å². The number of halogens is 7. The van der Waals surface area contributed by atoms with Crippen LogP contribution in [0.1, 0.15) is 11.5 Å². The molecule has 0 radical (unpaired) electrons. The van der Waals surface area contributed by atoms with E-state index in [2.05, 4.69) is 36.1 Å². The summed E-state index contributed by atoms with van der Waals surface area (Å²) in [4.78, 5) is 6.84. The van der Waals surface area contributed by atoms with Crippen LogP contribution in [0.4, 0.5) is 26.3 Å². The number of imidazole rings is 1. The molecule has 1 N–H and O–H groups in total. The maximum atomic E-state index is 13.5. The quantitative estimate of drug-likeness (QED) is 0.411. The Hall–Kier alpha value is -2.63. The van der Waals surface area contributed by atoms with Crippen molar-refractivity contribution in [2.75, 3.05) is 0 Å². The lowest BCUT2D eigenvalue weighted by Gasteiger charge is -2.12. The molecule has 4 aromatic rings. The number of benzene rings is 1. The minimum absolute atomic E-state index is 0.0579. The van der Waals surface area contributed by atoms with Gasteiger partial charge in [0.15, 0.2) is 5.65 Å². The first-order valence-electron chi connectivity index (χ1n) is 7.22. The molecule has 1 aromatic carbocycles. The van der Waals surface area contributed by atoms with E-state index in [1.54, 1.807) is 0 Å². The highest BCUT2D eigenvalue weighted by molar-refractivity contribution is 9.10. The highest BCUT2D eigenvalue weighted by Gasteiger charge is 2.40. The fraction of sp³-hybridized carbons (Fsp3) is 0.133. The van der Waals surface area contributed by atoms with Crippen LogP contribution in [-0.2, 0) is 12.4 Å². The summed E-state index contributed by atoms with van der Waals surface area (Å²) in [5, 5.41) is 6.92. The number of fused-ring (bicyclic) bond motifs is 2. The average Bonchev–Trinajstić information content (AvgIpc) is 3.17. The maximum absolute atomic E-state index is 13.5. The number of aromatic amines is 1. The van der Waals surface area contributed by atoms with E-state index in [9.17, 15) is 26.3 Å². The van der Waals surface area contributed by atoms with Crippen LogP contribution in [0.15, 0.2) is 34.9 Å². The Morgan fingerprint density at radius 1 is 0.963 bits per heavy atom. The van der Waals surface area contributed by atoms with Crippen LogP contribution >= 0.6 is 15.9 Å². The minimum atomic E-state index is -4.91. The van der Waals surface area contributed by atoms with Gasteiger partial charge in [-0.1, -0.05) is 0 Å². The molecule has 0 fully saturated rings. The lowest BCUT2D eigenvalue weighted by molar-refractivity contribution is -0.145. The van der Waals surface area contributed by atoms with Gasteiger partial charge < -0.3 is 0 Å².